The standard InChI is InChI=1S/C12H15ClN4/c1-10-14-6-8-17(10)7-2-5-15-12-4-3-11(13)9-16-12/h3-4,6,8-9H,2,5,7H2,1H3,(H,15,16). The summed E-state index contributed by atoms with van der Waals surface area (Å²) in [5.41, 5.74) is 0. The summed E-state index contributed by atoms with van der Waals surface area (Å²) in [6.07, 6.45) is 6.49. The zero-order valence-electron chi connectivity index (χ0n) is 9.73. The van der Waals surface area contributed by atoms with Gasteiger partial charge in [0.1, 0.15) is 11.6 Å². The molecule has 90 valence electrons. The maximum atomic E-state index is 5.76. The Hall–Kier alpha value is -1.55. The smallest absolute Gasteiger partial charge is 0.125 e. The van der Waals surface area contributed by atoms with Crippen molar-refractivity contribution >= 4 is 17.4 Å². The van der Waals surface area contributed by atoms with Crippen LogP contribution < -0.4 is 5.32 Å². The first-order chi connectivity index (χ1) is 8.25. The Balaban J connectivity index is 1.73. The molecular formula is C12H15ClN4. The summed E-state index contributed by atoms with van der Waals surface area (Å²) in [4.78, 5) is 8.35. The fourth-order valence-corrected chi connectivity index (χ4v) is 1.70. The second kappa shape index (κ2) is 5.68. The van der Waals surface area contributed by atoms with Crippen LogP contribution in [0.4, 0.5) is 5.82 Å². The van der Waals surface area contributed by atoms with Crippen LogP contribution in [0.2, 0.25) is 5.02 Å². The maximum Gasteiger partial charge on any atom is 0.125 e. The molecule has 17 heavy (non-hydrogen) atoms. The van der Waals surface area contributed by atoms with E-state index in [1.165, 1.54) is 0 Å². The molecule has 4 nitrogen and oxygen atoms in total. The SMILES string of the molecule is Cc1nccn1CCCNc1ccc(Cl)cn1. The van der Waals surface area contributed by atoms with Crippen molar-refractivity contribution < 1.29 is 0 Å². The van der Waals surface area contributed by atoms with Gasteiger partial charge >= 0.3 is 0 Å². The van der Waals surface area contributed by atoms with E-state index >= 15 is 0 Å². The second-order valence-electron chi connectivity index (χ2n) is 3.81. The van der Waals surface area contributed by atoms with Gasteiger partial charge < -0.3 is 9.88 Å². The predicted octanol–water partition coefficient (Wildman–Crippen LogP) is 2.74. The highest BCUT2D eigenvalue weighted by Crippen LogP contribution is 2.09. The van der Waals surface area contributed by atoms with Crippen molar-refractivity contribution in [1.82, 2.24) is 14.5 Å². The molecule has 0 bridgehead atoms. The monoisotopic (exact) mass is 250 g/mol. The van der Waals surface area contributed by atoms with E-state index in [0.29, 0.717) is 5.02 Å². The van der Waals surface area contributed by atoms with Gasteiger partial charge in [0.2, 0.25) is 0 Å². The normalized spacial score (nSPS) is 10.5. The van der Waals surface area contributed by atoms with Crippen molar-refractivity contribution in [3.05, 3.63) is 41.6 Å². The summed E-state index contributed by atoms with van der Waals surface area (Å²) >= 11 is 5.76. The first-order valence-electron chi connectivity index (χ1n) is 5.59. The van der Waals surface area contributed by atoms with Crippen LogP contribution in [0.15, 0.2) is 30.7 Å². The van der Waals surface area contributed by atoms with Crippen LogP contribution in [-0.2, 0) is 6.54 Å². The van der Waals surface area contributed by atoms with E-state index in [0.717, 1.165) is 31.2 Å². The molecule has 5 heteroatoms. The van der Waals surface area contributed by atoms with E-state index in [9.17, 15) is 0 Å². The minimum atomic E-state index is 0.657. The van der Waals surface area contributed by atoms with Gasteiger partial charge in [-0.15, -0.1) is 0 Å². The van der Waals surface area contributed by atoms with Crippen LogP contribution >= 0.6 is 11.6 Å². The van der Waals surface area contributed by atoms with Crippen LogP contribution in [-0.4, -0.2) is 21.1 Å². The number of hydrogen-bond donors (Lipinski definition) is 1. The van der Waals surface area contributed by atoms with Crippen molar-refractivity contribution in [3.8, 4) is 0 Å². The van der Waals surface area contributed by atoms with Crippen molar-refractivity contribution in [2.75, 3.05) is 11.9 Å². The molecule has 0 aliphatic heterocycles. The molecule has 1 N–H and O–H groups in total. The average molecular weight is 251 g/mol. The van der Waals surface area contributed by atoms with Gasteiger partial charge in [0.05, 0.1) is 5.02 Å². The van der Waals surface area contributed by atoms with Crippen molar-refractivity contribution in [2.45, 2.75) is 19.9 Å². The Morgan fingerprint density at radius 3 is 2.88 bits per heavy atom. The lowest BCUT2D eigenvalue weighted by molar-refractivity contribution is 0.642. The summed E-state index contributed by atoms with van der Waals surface area (Å²) < 4.78 is 2.14. The van der Waals surface area contributed by atoms with Crippen LogP contribution in [0.5, 0.6) is 0 Å². The molecule has 0 spiro atoms. The fourth-order valence-electron chi connectivity index (χ4n) is 1.59. The molecule has 0 atom stereocenters. The van der Waals surface area contributed by atoms with Crippen molar-refractivity contribution in [1.29, 1.82) is 0 Å². The van der Waals surface area contributed by atoms with Crippen LogP contribution in [0, 0.1) is 6.92 Å². The third-order valence-corrected chi connectivity index (χ3v) is 2.76. The topological polar surface area (TPSA) is 42.7 Å². The lowest BCUT2D eigenvalue weighted by Crippen LogP contribution is -2.08. The fraction of sp³-hybridized carbons (Fsp3) is 0.333. The van der Waals surface area contributed by atoms with Gasteiger partial charge in [0.25, 0.3) is 0 Å². The largest absolute Gasteiger partial charge is 0.370 e. The molecule has 0 radical (unpaired) electrons. The molecule has 2 aromatic rings. The molecule has 0 fully saturated rings. The first-order valence-corrected chi connectivity index (χ1v) is 5.96. The summed E-state index contributed by atoms with van der Waals surface area (Å²) in [5, 5.41) is 3.91. The molecule has 0 aliphatic carbocycles. The Bertz CT molecular complexity index is 464. The minimum absolute atomic E-state index is 0.657. The Labute approximate surface area is 106 Å². The van der Waals surface area contributed by atoms with E-state index < -0.39 is 0 Å². The van der Waals surface area contributed by atoms with Gasteiger partial charge in [0.15, 0.2) is 0 Å². The number of rotatable bonds is 5. The number of hydrogen-bond acceptors (Lipinski definition) is 3. The van der Waals surface area contributed by atoms with Crippen LogP contribution in [0.25, 0.3) is 0 Å². The average Bonchev–Trinajstić information content (AvgIpc) is 2.73. The van der Waals surface area contributed by atoms with Gasteiger partial charge in [-0.2, -0.15) is 0 Å². The van der Waals surface area contributed by atoms with E-state index in [1.54, 1.807) is 6.20 Å². The zero-order valence-corrected chi connectivity index (χ0v) is 10.5. The first kappa shape index (κ1) is 11.9. The molecule has 0 saturated carbocycles. The number of halogens is 1. The van der Waals surface area contributed by atoms with Gasteiger partial charge in [-0.1, -0.05) is 11.6 Å². The van der Waals surface area contributed by atoms with Gasteiger partial charge in [-0.3, -0.25) is 0 Å². The number of anilines is 1. The molecule has 2 aromatic heterocycles. The Morgan fingerprint density at radius 1 is 1.35 bits per heavy atom. The molecule has 2 rings (SSSR count). The lowest BCUT2D eigenvalue weighted by Gasteiger charge is -2.07. The van der Waals surface area contributed by atoms with Gasteiger partial charge in [0, 0.05) is 31.7 Å². The Morgan fingerprint density at radius 2 is 2.24 bits per heavy atom. The highest BCUT2D eigenvalue weighted by molar-refractivity contribution is 6.30. The van der Waals surface area contributed by atoms with E-state index in [1.807, 2.05) is 31.5 Å². The summed E-state index contributed by atoms with van der Waals surface area (Å²) in [6, 6.07) is 3.71. The number of nitrogens with one attached hydrogen (secondary N) is 1. The van der Waals surface area contributed by atoms with E-state index in [4.69, 9.17) is 11.6 Å². The second-order valence-corrected chi connectivity index (χ2v) is 4.25. The molecule has 0 aliphatic rings. The number of nitrogens with zero attached hydrogens (tertiary/aromatic N) is 3. The molecule has 0 aromatic carbocycles. The third-order valence-electron chi connectivity index (χ3n) is 2.53. The molecular weight excluding hydrogens is 236 g/mol. The minimum Gasteiger partial charge on any atom is -0.370 e. The van der Waals surface area contributed by atoms with E-state index in [2.05, 4.69) is 19.9 Å². The van der Waals surface area contributed by atoms with E-state index in [-0.39, 0.29) is 0 Å². The van der Waals surface area contributed by atoms with Gasteiger partial charge in [-0.05, 0) is 25.5 Å². The third kappa shape index (κ3) is 3.46. The quantitative estimate of drug-likeness (QED) is 0.830. The highest BCUT2D eigenvalue weighted by Gasteiger charge is 1.97. The predicted molar refractivity (Wildman–Crippen MR) is 69.3 cm³/mol. The number of imidazole rings is 1. The molecule has 0 saturated heterocycles. The molecule has 2 heterocycles. The molecule has 0 unspecified atom stereocenters. The zero-order chi connectivity index (χ0) is 12.1. The highest BCUT2D eigenvalue weighted by atomic mass is 35.5. The summed E-state index contributed by atoms with van der Waals surface area (Å²) in [5.74, 6) is 1.91. The Kier molecular flexibility index (Phi) is 3.98. The van der Waals surface area contributed by atoms with Crippen molar-refractivity contribution in [3.63, 3.8) is 0 Å². The van der Waals surface area contributed by atoms with Crippen LogP contribution in [0.1, 0.15) is 12.2 Å². The number of aromatic nitrogens is 3. The lowest BCUT2D eigenvalue weighted by atomic mass is 10.4. The number of aryl methyl sites for hydroxylation is 2. The summed E-state index contributed by atoms with van der Waals surface area (Å²) in [6.45, 7) is 3.85. The number of pyridine rings is 1. The van der Waals surface area contributed by atoms with Crippen LogP contribution in [0.3, 0.4) is 0 Å². The summed E-state index contributed by atoms with van der Waals surface area (Å²) in [7, 11) is 0. The van der Waals surface area contributed by atoms with Gasteiger partial charge in [-0.25, -0.2) is 9.97 Å². The maximum absolute atomic E-state index is 5.76. The molecule has 0 amide bonds. The van der Waals surface area contributed by atoms with Crippen molar-refractivity contribution in [2.24, 2.45) is 0 Å².